The van der Waals surface area contributed by atoms with Crippen LogP contribution in [0.5, 0.6) is 0 Å². The Labute approximate surface area is 117 Å². The number of carbonyl (C=O) groups is 1. The number of aryl methyl sites for hydroxylation is 2. The summed E-state index contributed by atoms with van der Waals surface area (Å²) in [5.74, 6) is -0.200. The van der Waals surface area contributed by atoms with E-state index < -0.39 is 0 Å². The van der Waals surface area contributed by atoms with Crippen LogP contribution >= 0.6 is 11.6 Å². The molecule has 19 heavy (non-hydrogen) atoms. The number of nitrogen functional groups attached to an aromatic ring is 1. The average Bonchev–Trinajstić information content (AvgIpc) is 2.32. The van der Waals surface area contributed by atoms with E-state index in [0.29, 0.717) is 22.0 Å². The molecule has 0 atom stereocenters. The molecule has 0 radical (unpaired) electrons. The summed E-state index contributed by atoms with van der Waals surface area (Å²) in [6.45, 7) is 3.81. The van der Waals surface area contributed by atoms with Gasteiger partial charge >= 0.3 is 0 Å². The van der Waals surface area contributed by atoms with Gasteiger partial charge in [0.2, 0.25) is 0 Å². The third kappa shape index (κ3) is 3.26. The van der Waals surface area contributed by atoms with Gasteiger partial charge < -0.3 is 11.1 Å². The van der Waals surface area contributed by atoms with Gasteiger partial charge in [-0.3, -0.25) is 4.79 Å². The molecule has 4 heteroatoms. The first-order chi connectivity index (χ1) is 8.95. The molecule has 0 aliphatic heterocycles. The Morgan fingerprint density at radius 3 is 2.53 bits per heavy atom. The SMILES string of the molecule is Cc1cc(Cl)cc(C(=O)Nc2ccc(C)c(N)c2)c1. The smallest absolute Gasteiger partial charge is 0.255 e. The van der Waals surface area contributed by atoms with Crippen LogP contribution in [0.3, 0.4) is 0 Å². The minimum absolute atomic E-state index is 0.200. The number of benzene rings is 2. The van der Waals surface area contributed by atoms with E-state index in [-0.39, 0.29) is 5.91 Å². The van der Waals surface area contributed by atoms with Gasteiger partial charge in [-0.15, -0.1) is 0 Å². The second-order valence-electron chi connectivity index (χ2n) is 4.54. The van der Waals surface area contributed by atoms with Crippen molar-refractivity contribution in [2.75, 3.05) is 11.1 Å². The van der Waals surface area contributed by atoms with Gasteiger partial charge in [0.05, 0.1) is 0 Å². The van der Waals surface area contributed by atoms with Gasteiger partial charge in [0, 0.05) is 22.0 Å². The number of hydrogen-bond acceptors (Lipinski definition) is 2. The van der Waals surface area contributed by atoms with Crippen LogP contribution in [0.4, 0.5) is 11.4 Å². The first-order valence-electron chi connectivity index (χ1n) is 5.90. The third-order valence-electron chi connectivity index (χ3n) is 2.84. The number of amides is 1. The molecule has 3 N–H and O–H groups in total. The normalized spacial score (nSPS) is 10.3. The molecule has 3 nitrogen and oxygen atoms in total. The molecule has 0 bridgehead atoms. The lowest BCUT2D eigenvalue weighted by molar-refractivity contribution is 0.102. The number of nitrogens with one attached hydrogen (secondary N) is 1. The molecule has 2 aromatic rings. The number of hydrogen-bond donors (Lipinski definition) is 2. The fourth-order valence-electron chi connectivity index (χ4n) is 1.79. The quantitative estimate of drug-likeness (QED) is 0.819. The van der Waals surface area contributed by atoms with E-state index >= 15 is 0 Å². The van der Waals surface area contributed by atoms with Gasteiger partial charge in [0.25, 0.3) is 5.91 Å². The Morgan fingerprint density at radius 1 is 1.16 bits per heavy atom. The first kappa shape index (κ1) is 13.4. The Balaban J connectivity index is 2.22. The Bertz CT molecular complexity index is 618. The monoisotopic (exact) mass is 274 g/mol. The minimum Gasteiger partial charge on any atom is -0.398 e. The van der Waals surface area contributed by atoms with E-state index in [2.05, 4.69) is 5.32 Å². The van der Waals surface area contributed by atoms with Crippen LogP contribution in [0.25, 0.3) is 0 Å². The molecule has 0 aromatic heterocycles. The largest absolute Gasteiger partial charge is 0.398 e. The van der Waals surface area contributed by atoms with Crippen molar-refractivity contribution in [3.63, 3.8) is 0 Å². The molecule has 98 valence electrons. The molecule has 0 saturated carbocycles. The molecule has 2 aromatic carbocycles. The van der Waals surface area contributed by atoms with Crippen molar-refractivity contribution in [3.05, 3.63) is 58.1 Å². The number of rotatable bonds is 2. The van der Waals surface area contributed by atoms with Gasteiger partial charge in [0.1, 0.15) is 0 Å². The number of carbonyl (C=O) groups excluding carboxylic acids is 1. The minimum atomic E-state index is -0.200. The van der Waals surface area contributed by atoms with Crippen LogP contribution in [-0.2, 0) is 0 Å². The van der Waals surface area contributed by atoms with Gasteiger partial charge in [0.15, 0.2) is 0 Å². The van der Waals surface area contributed by atoms with Crippen LogP contribution in [0.15, 0.2) is 36.4 Å². The molecule has 0 unspecified atom stereocenters. The summed E-state index contributed by atoms with van der Waals surface area (Å²) in [6, 6.07) is 10.7. The maximum Gasteiger partial charge on any atom is 0.255 e. The lowest BCUT2D eigenvalue weighted by atomic mass is 10.1. The zero-order valence-electron chi connectivity index (χ0n) is 10.8. The summed E-state index contributed by atoms with van der Waals surface area (Å²) >= 11 is 5.94. The highest BCUT2D eigenvalue weighted by Crippen LogP contribution is 2.19. The summed E-state index contributed by atoms with van der Waals surface area (Å²) in [5.41, 5.74) is 9.60. The summed E-state index contributed by atoms with van der Waals surface area (Å²) in [7, 11) is 0. The summed E-state index contributed by atoms with van der Waals surface area (Å²) < 4.78 is 0. The zero-order valence-corrected chi connectivity index (χ0v) is 11.6. The van der Waals surface area contributed by atoms with Crippen LogP contribution in [-0.4, -0.2) is 5.91 Å². The van der Waals surface area contributed by atoms with E-state index in [4.69, 9.17) is 17.3 Å². The Hall–Kier alpha value is -2.00. The van der Waals surface area contributed by atoms with Crippen LogP contribution < -0.4 is 11.1 Å². The molecule has 2 rings (SSSR count). The van der Waals surface area contributed by atoms with Gasteiger partial charge in [-0.1, -0.05) is 17.7 Å². The average molecular weight is 275 g/mol. The van der Waals surface area contributed by atoms with Crippen molar-refractivity contribution >= 4 is 28.9 Å². The fraction of sp³-hybridized carbons (Fsp3) is 0.133. The molecule has 0 spiro atoms. The standard InChI is InChI=1S/C15H15ClN2O/c1-9-5-11(7-12(16)6-9)15(19)18-13-4-3-10(2)14(17)8-13/h3-8H,17H2,1-2H3,(H,18,19). The lowest BCUT2D eigenvalue weighted by Gasteiger charge is -2.08. The molecule has 1 amide bonds. The molecular weight excluding hydrogens is 260 g/mol. The van der Waals surface area contributed by atoms with E-state index in [0.717, 1.165) is 11.1 Å². The second kappa shape index (κ2) is 5.33. The number of anilines is 2. The molecule has 0 saturated heterocycles. The van der Waals surface area contributed by atoms with Crippen LogP contribution in [0.1, 0.15) is 21.5 Å². The highest BCUT2D eigenvalue weighted by Gasteiger charge is 2.08. The predicted octanol–water partition coefficient (Wildman–Crippen LogP) is 3.79. The topological polar surface area (TPSA) is 55.1 Å². The van der Waals surface area contributed by atoms with Gasteiger partial charge in [-0.25, -0.2) is 0 Å². The van der Waals surface area contributed by atoms with Crippen LogP contribution in [0, 0.1) is 13.8 Å². The van der Waals surface area contributed by atoms with E-state index in [9.17, 15) is 4.79 Å². The maximum atomic E-state index is 12.1. The lowest BCUT2D eigenvalue weighted by Crippen LogP contribution is -2.12. The predicted molar refractivity (Wildman–Crippen MR) is 79.7 cm³/mol. The first-order valence-corrected chi connectivity index (χ1v) is 6.28. The van der Waals surface area contributed by atoms with Crippen molar-refractivity contribution in [2.24, 2.45) is 0 Å². The second-order valence-corrected chi connectivity index (χ2v) is 4.98. The molecule has 0 aliphatic carbocycles. The van der Waals surface area contributed by atoms with Crippen molar-refractivity contribution in [3.8, 4) is 0 Å². The Morgan fingerprint density at radius 2 is 1.89 bits per heavy atom. The van der Waals surface area contributed by atoms with Crippen molar-refractivity contribution in [2.45, 2.75) is 13.8 Å². The van der Waals surface area contributed by atoms with Crippen molar-refractivity contribution in [1.29, 1.82) is 0 Å². The fourth-order valence-corrected chi connectivity index (χ4v) is 2.08. The maximum absolute atomic E-state index is 12.1. The zero-order chi connectivity index (χ0) is 14.0. The van der Waals surface area contributed by atoms with E-state index in [1.807, 2.05) is 32.0 Å². The van der Waals surface area contributed by atoms with Crippen molar-refractivity contribution < 1.29 is 4.79 Å². The molecule has 0 fully saturated rings. The molecule has 0 heterocycles. The van der Waals surface area contributed by atoms with Crippen molar-refractivity contribution in [1.82, 2.24) is 0 Å². The molecule has 0 aliphatic rings. The summed E-state index contributed by atoms with van der Waals surface area (Å²) in [6.07, 6.45) is 0. The third-order valence-corrected chi connectivity index (χ3v) is 3.06. The van der Waals surface area contributed by atoms with Crippen LogP contribution in [0.2, 0.25) is 5.02 Å². The van der Waals surface area contributed by atoms with Gasteiger partial charge in [-0.2, -0.15) is 0 Å². The highest BCUT2D eigenvalue weighted by molar-refractivity contribution is 6.31. The summed E-state index contributed by atoms with van der Waals surface area (Å²) in [4.78, 5) is 12.1. The summed E-state index contributed by atoms with van der Waals surface area (Å²) in [5, 5.41) is 3.35. The number of nitrogens with two attached hydrogens (primary N) is 1. The highest BCUT2D eigenvalue weighted by atomic mass is 35.5. The Kier molecular flexibility index (Phi) is 3.76. The van der Waals surface area contributed by atoms with Gasteiger partial charge in [-0.05, 0) is 55.3 Å². The van der Waals surface area contributed by atoms with E-state index in [1.165, 1.54) is 0 Å². The molecular formula is C15H15ClN2O. The number of halogens is 1. The van der Waals surface area contributed by atoms with E-state index in [1.54, 1.807) is 18.2 Å².